The first-order chi connectivity index (χ1) is 8.26. The van der Waals surface area contributed by atoms with Crippen LogP contribution in [0.5, 0.6) is 0 Å². The number of hydrogen-bond donors (Lipinski definition) is 2. The summed E-state index contributed by atoms with van der Waals surface area (Å²) in [5, 5.41) is 5.16. The van der Waals surface area contributed by atoms with E-state index in [1.807, 2.05) is 13.8 Å². The van der Waals surface area contributed by atoms with Gasteiger partial charge in [0.05, 0.1) is 12.8 Å². The fourth-order valence-electron chi connectivity index (χ4n) is 1.22. The van der Waals surface area contributed by atoms with Crippen molar-refractivity contribution in [3.05, 3.63) is 18.4 Å². The van der Waals surface area contributed by atoms with Gasteiger partial charge in [-0.1, -0.05) is 0 Å². The number of urea groups is 1. The van der Waals surface area contributed by atoms with E-state index in [1.165, 1.54) is 6.26 Å². The molecule has 1 aromatic rings. The van der Waals surface area contributed by atoms with Gasteiger partial charge in [-0.3, -0.25) is 5.32 Å². The Morgan fingerprint density at radius 3 is 2.65 bits per heavy atom. The minimum absolute atomic E-state index is 0.286. The van der Waals surface area contributed by atoms with Gasteiger partial charge in [0.1, 0.15) is 0 Å². The average Bonchev–Trinajstić information content (AvgIpc) is 2.79. The lowest BCUT2D eigenvalue weighted by Gasteiger charge is -2.17. The Balaban J connectivity index is 2.25. The van der Waals surface area contributed by atoms with E-state index in [2.05, 4.69) is 10.6 Å². The Bertz CT molecular complexity index is 307. The minimum Gasteiger partial charge on any atom is -0.449 e. The van der Waals surface area contributed by atoms with Crippen LogP contribution in [0.2, 0.25) is 0 Å². The molecule has 0 aromatic carbocycles. The van der Waals surface area contributed by atoms with Crippen LogP contribution < -0.4 is 10.6 Å². The molecular weight excluding hydrogens is 224 g/mol. The second kappa shape index (κ2) is 7.70. The van der Waals surface area contributed by atoms with Crippen molar-refractivity contribution in [2.24, 2.45) is 0 Å². The Kier molecular flexibility index (Phi) is 6.13. The van der Waals surface area contributed by atoms with Crippen molar-refractivity contribution in [1.29, 1.82) is 0 Å². The number of hydrogen-bond acceptors (Lipinski definition) is 4. The normalized spacial score (nSPS) is 10.5. The van der Waals surface area contributed by atoms with Crippen LogP contribution in [0.3, 0.4) is 0 Å². The molecule has 0 spiro atoms. The molecule has 0 bridgehead atoms. The van der Waals surface area contributed by atoms with Crippen LogP contribution in [0, 0.1) is 0 Å². The predicted molar refractivity (Wildman–Crippen MR) is 62.8 cm³/mol. The fourth-order valence-corrected chi connectivity index (χ4v) is 1.22. The summed E-state index contributed by atoms with van der Waals surface area (Å²) in [5.74, 6) is 0.395. The van der Waals surface area contributed by atoms with Crippen LogP contribution >= 0.6 is 0 Å². The topological polar surface area (TPSA) is 72.7 Å². The minimum atomic E-state index is -0.424. The summed E-state index contributed by atoms with van der Waals surface area (Å²) < 4.78 is 15.5. The highest BCUT2D eigenvalue weighted by Crippen LogP contribution is 2.05. The predicted octanol–water partition coefficient (Wildman–Crippen LogP) is 1.80. The summed E-state index contributed by atoms with van der Waals surface area (Å²) >= 11 is 0. The van der Waals surface area contributed by atoms with Crippen LogP contribution in [0.25, 0.3) is 0 Å². The smallest absolute Gasteiger partial charge is 0.321 e. The van der Waals surface area contributed by atoms with E-state index >= 15 is 0 Å². The van der Waals surface area contributed by atoms with Crippen molar-refractivity contribution in [3.63, 3.8) is 0 Å². The third kappa shape index (κ3) is 5.37. The molecule has 0 unspecified atom stereocenters. The van der Waals surface area contributed by atoms with Crippen molar-refractivity contribution >= 4 is 11.9 Å². The molecule has 96 valence electrons. The lowest BCUT2D eigenvalue weighted by molar-refractivity contribution is -0.131. The number of rotatable bonds is 7. The van der Waals surface area contributed by atoms with Gasteiger partial charge >= 0.3 is 6.03 Å². The first kappa shape index (κ1) is 13.5. The van der Waals surface area contributed by atoms with E-state index in [0.717, 1.165) is 0 Å². The van der Waals surface area contributed by atoms with Gasteiger partial charge in [0.2, 0.25) is 5.88 Å². The Morgan fingerprint density at radius 1 is 1.41 bits per heavy atom. The molecule has 0 aliphatic rings. The van der Waals surface area contributed by atoms with Crippen molar-refractivity contribution in [3.8, 4) is 0 Å². The van der Waals surface area contributed by atoms with Gasteiger partial charge in [0.25, 0.3) is 0 Å². The first-order valence-electron chi connectivity index (χ1n) is 5.57. The molecular formula is C11H18N2O4. The highest BCUT2D eigenvalue weighted by molar-refractivity contribution is 5.87. The molecule has 0 fully saturated rings. The summed E-state index contributed by atoms with van der Waals surface area (Å²) in [6.45, 7) is 5.09. The molecule has 17 heavy (non-hydrogen) atoms. The average molecular weight is 242 g/mol. The highest BCUT2D eigenvalue weighted by Gasteiger charge is 2.10. The van der Waals surface area contributed by atoms with E-state index in [0.29, 0.717) is 19.1 Å². The highest BCUT2D eigenvalue weighted by atomic mass is 16.7. The van der Waals surface area contributed by atoms with E-state index in [1.54, 1.807) is 12.1 Å². The van der Waals surface area contributed by atoms with Crippen LogP contribution in [-0.2, 0) is 9.47 Å². The third-order valence-electron chi connectivity index (χ3n) is 1.89. The largest absolute Gasteiger partial charge is 0.449 e. The SMILES string of the molecule is CCOC(CNC(=O)Nc1ccco1)OCC. The van der Waals surface area contributed by atoms with Crippen molar-refractivity contribution < 1.29 is 18.7 Å². The van der Waals surface area contributed by atoms with Gasteiger partial charge < -0.3 is 19.2 Å². The molecule has 0 aliphatic heterocycles. The maximum Gasteiger partial charge on any atom is 0.321 e. The molecule has 6 nitrogen and oxygen atoms in total. The Labute approximate surface area is 100 Å². The molecule has 0 radical (unpaired) electrons. The fraction of sp³-hybridized carbons (Fsp3) is 0.545. The second-order valence-electron chi connectivity index (χ2n) is 3.15. The maximum absolute atomic E-state index is 11.4. The number of nitrogens with one attached hydrogen (secondary N) is 2. The van der Waals surface area contributed by atoms with Gasteiger partial charge in [-0.05, 0) is 19.9 Å². The molecule has 1 heterocycles. The molecule has 0 saturated carbocycles. The number of carbonyl (C=O) groups excluding carboxylic acids is 1. The van der Waals surface area contributed by atoms with Gasteiger partial charge in [-0.25, -0.2) is 4.79 Å². The molecule has 0 aliphatic carbocycles. The Morgan fingerprint density at radius 2 is 2.12 bits per heavy atom. The third-order valence-corrected chi connectivity index (χ3v) is 1.89. The number of amides is 2. The lowest BCUT2D eigenvalue weighted by atomic mass is 10.5. The second-order valence-corrected chi connectivity index (χ2v) is 3.15. The van der Waals surface area contributed by atoms with Crippen LogP contribution in [-0.4, -0.2) is 32.1 Å². The standard InChI is InChI=1S/C11H18N2O4/c1-3-15-10(16-4-2)8-12-11(14)13-9-6-5-7-17-9/h5-7,10H,3-4,8H2,1-2H3,(H2,12,13,14). The van der Waals surface area contributed by atoms with Crippen molar-refractivity contribution in [1.82, 2.24) is 5.32 Å². The number of furan rings is 1. The summed E-state index contributed by atoms with van der Waals surface area (Å²) in [7, 11) is 0. The van der Waals surface area contributed by atoms with Gasteiger partial charge in [0, 0.05) is 19.3 Å². The van der Waals surface area contributed by atoms with E-state index in [4.69, 9.17) is 13.9 Å². The molecule has 2 N–H and O–H groups in total. The molecule has 6 heteroatoms. The Hall–Kier alpha value is -1.53. The summed E-state index contributed by atoms with van der Waals surface area (Å²) in [6, 6.07) is 2.99. The quantitative estimate of drug-likeness (QED) is 0.715. The van der Waals surface area contributed by atoms with E-state index in [-0.39, 0.29) is 12.6 Å². The van der Waals surface area contributed by atoms with E-state index < -0.39 is 6.29 Å². The maximum atomic E-state index is 11.4. The lowest BCUT2D eigenvalue weighted by Crippen LogP contribution is -2.37. The van der Waals surface area contributed by atoms with Crippen LogP contribution in [0.15, 0.2) is 22.8 Å². The zero-order valence-corrected chi connectivity index (χ0v) is 10.1. The van der Waals surface area contributed by atoms with Crippen molar-refractivity contribution in [2.45, 2.75) is 20.1 Å². The molecule has 0 atom stereocenters. The van der Waals surface area contributed by atoms with Gasteiger partial charge in [-0.15, -0.1) is 0 Å². The molecule has 2 amide bonds. The van der Waals surface area contributed by atoms with Gasteiger partial charge in [-0.2, -0.15) is 0 Å². The summed E-state index contributed by atoms with van der Waals surface area (Å²) in [6.07, 6.45) is 1.06. The van der Waals surface area contributed by atoms with Crippen LogP contribution in [0.4, 0.5) is 10.7 Å². The molecule has 0 saturated heterocycles. The summed E-state index contributed by atoms with van der Waals surface area (Å²) in [5.41, 5.74) is 0. The van der Waals surface area contributed by atoms with Crippen molar-refractivity contribution in [2.75, 3.05) is 25.1 Å². The first-order valence-corrected chi connectivity index (χ1v) is 5.57. The zero-order valence-electron chi connectivity index (χ0n) is 10.1. The molecule has 1 rings (SSSR count). The van der Waals surface area contributed by atoms with E-state index in [9.17, 15) is 4.79 Å². The zero-order chi connectivity index (χ0) is 12.5. The summed E-state index contributed by atoms with van der Waals surface area (Å²) in [4.78, 5) is 11.4. The number of anilines is 1. The number of carbonyl (C=O) groups is 1. The van der Waals surface area contributed by atoms with Gasteiger partial charge in [0.15, 0.2) is 6.29 Å². The van der Waals surface area contributed by atoms with Crippen LogP contribution in [0.1, 0.15) is 13.8 Å². The molecule has 1 aromatic heterocycles. The number of ether oxygens (including phenoxy) is 2. The monoisotopic (exact) mass is 242 g/mol.